The number of thiazole rings is 1. The van der Waals surface area contributed by atoms with E-state index in [0.29, 0.717) is 16.3 Å². The molecule has 0 aliphatic carbocycles. The van der Waals surface area contributed by atoms with Gasteiger partial charge >= 0.3 is 5.97 Å². The summed E-state index contributed by atoms with van der Waals surface area (Å²) in [5.74, 6) is -1.30. The molecule has 1 unspecified atom stereocenters. The first-order valence-corrected chi connectivity index (χ1v) is 6.13. The van der Waals surface area contributed by atoms with Crippen LogP contribution in [0.2, 0.25) is 0 Å². The Morgan fingerprint density at radius 3 is 3.00 bits per heavy atom. The third kappa shape index (κ3) is 2.91. The molecule has 2 rings (SSSR count). The standard InChI is InChI=1S/C12H11FN2O2S/c13-8-3-1-2-7(4-8)10-6-18-12(15-10)9(14)5-11(16)17/h1-4,6,9H,5,14H2,(H,16,17). The topological polar surface area (TPSA) is 76.2 Å². The molecule has 0 amide bonds. The summed E-state index contributed by atoms with van der Waals surface area (Å²) < 4.78 is 13.1. The van der Waals surface area contributed by atoms with Crippen LogP contribution in [0, 0.1) is 5.82 Å². The van der Waals surface area contributed by atoms with Crippen molar-refractivity contribution in [1.82, 2.24) is 4.98 Å². The molecule has 0 aliphatic rings. The molecule has 4 nitrogen and oxygen atoms in total. The fourth-order valence-electron chi connectivity index (χ4n) is 1.51. The average Bonchev–Trinajstić information content (AvgIpc) is 2.77. The van der Waals surface area contributed by atoms with Crippen molar-refractivity contribution in [3.63, 3.8) is 0 Å². The van der Waals surface area contributed by atoms with E-state index in [1.54, 1.807) is 17.5 Å². The molecule has 2 aromatic rings. The van der Waals surface area contributed by atoms with Crippen molar-refractivity contribution < 1.29 is 14.3 Å². The van der Waals surface area contributed by atoms with Gasteiger partial charge in [0.25, 0.3) is 0 Å². The summed E-state index contributed by atoms with van der Waals surface area (Å²) in [7, 11) is 0. The summed E-state index contributed by atoms with van der Waals surface area (Å²) in [6, 6.07) is 5.44. The zero-order chi connectivity index (χ0) is 13.1. The van der Waals surface area contributed by atoms with Crippen LogP contribution in [0.15, 0.2) is 29.6 Å². The first-order chi connectivity index (χ1) is 8.56. The molecule has 0 fully saturated rings. The molecule has 0 radical (unpaired) electrons. The van der Waals surface area contributed by atoms with E-state index in [0.717, 1.165) is 0 Å². The van der Waals surface area contributed by atoms with Gasteiger partial charge < -0.3 is 10.8 Å². The van der Waals surface area contributed by atoms with Crippen LogP contribution in [-0.2, 0) is 4.79 Å². The monoisotopic (exact) mass is 266 g/mol. The van der Waals surface area contributed by atoms with Gasteiger partial charge in [0.05, 0.1) is 18.2 Å². The summed E-state index contributed by atoms with van der Waals surface area (Å²) in [5.41, 5.74) is 6.97. The SMILES string of the molecule is NC(CC(=O)O)c1nc(-c2cccc(F)c2)cs1. The summed E-state index contributed by atoms with van der Waals surface area (Å²) in [6.07, 6.45) is -0.171. The second kappa shape index (κ2) is 5.24. The van der Waals surface area contributed by atoms with Gasteiger partial charge in [0.2, 0.25) is 0 Å². The quantitative estimate of drug-likeness (QED) is 0.891. The summed E-state index contributed by atoms with van der Waals surface area (Å²) in [5, 5.41) is 10.9. The fraction of sp³-hybridized carbons (Fsp3) is 0.167. The lowest BCUT2D eigenvalue weighted by Crippen LogP contribution is -2.14. The van der Waals surface area contributed by atoms with Gasteiger partial charge in [-0.15, -0.1) is 11.3 Å². The molecule has 94 valence electrons. The smallest absolute Gasteiger partial charge is 0.305 e. The van der Waals surface area contributed by atoms with E-state index in [1.165, 1.54) is 23.5 Å². The summed E-state index contributed by atoms with van der Waals surface area (Å²) >= 11 is 1.28. The average molecular weight is 266 g/mol. The Balaban J connectivity index is 2.22. The summed E-state index contributed by atoms with van der Waals surface area (Å²) in [6.45, 7) is 0. The number of carbonyl (C=O) groups is 1. The van der Waals surface area contributed by atoms with E-state index < -0.39 is 12.0 Å². The van der Waals surface area contributed by atoms with Gasteiger partial charge in [-0.25, -0.2) is 9.37 Å². The Hall–Kier alpha value is -1.79. The van der Waals surface area contributed by atoms with E-state index >= 15 is 0 Å². The zero-order valence-corrected chi connectivity index (χ0v) is 10.2. The first kappa shape index (κ1) is 12.7. The molecule has 0 aliphatic heterocycles. The lowest BCUT2D eigenvalue weighted by molar-refractivity contribution is -0.137. The molecule has 0 bridgehead atoms. The predicted molar refractivity (Wildman–Crippen MR) is 66.7 cm³/mol. The molecule has 0 spiro atoms. The Bertz CT molecular complexity index is 571. The predicted octanol–water partition coefficient (Wildman–Crippen LogP) is 2.42. The molecule has 1 heterocycles. The van der Waals surface area contributed by atoms with Crippen molar-refractivity contribution in [1.29, 1.82) is 0 Å². The molecule has 1 atom stereocenters. The van der Waals surface area contributed by atoms with Gasteiger partial charge in [0.15, 0.2) is 0 Å². The van der Waals surface area contributed by atoms with Crippen LogP contribution in [0.5, 0.6) is 0 Å². The number of hydrogen-bond acceptors (Lipinski definition) is 4. The van der Waals surface area contributed by atoms with Gasteiger partial charge in [0.1, 0.15) is 10.8 Å². The minimum atomic E-state index is -0.968. The largest absolute Gasteiger partial charge is 0.481 e. The van der Waals surface area contributed by atoms with Crippen LogP contribution < -0.4 is 5.73 Å². The molecule has 1 aromatic carbocycles. The van der Waals surface area contributed by atoms with Gasteiger partial charge in [-0.2, -0.15) is 0 Å². The number of carboxylic acid groups (broad SMARTS) is 1. The molecule has 3 N–H and O–H groups in total. The number of hydrogen-bond donors (Lipinski definition) is 2. The molecule has 6 heteroatoms. The van der Waals surface area contributed by atoms with Crippen LogP contribution in [0.4, 0.5) is 4.39 Å². The number of aliphatic carboxylic acids is 1. The number of halogens is 1. The van der Waals surface area contributed by atoms with E-state index in [1.807, 2.05) is 0 Å². The third-order valence-corrected chi connectivity index (χ3v) is 3.33. The van der Waals surface area contributed by atoms with Crippen LogP contribution in [0.25, 0.3) is 11.3 Å². The Labute approximate surface area is 107 Å². The molecule has 0 saturated carbocycles. The maximum atomic E-state index is 13.1. The Morgan fingerprint density at radius 1 is 1.56 bits per heavy atom. The van der Waals surface area contributed by atoms with Crippen LogP contribution >= 0.6 is 11.3 Å². The van der Waals surface area contributed by atoms with Crippen molar-refractivity contribution >= 4 is 17.3 Å². The maximum Gasteiger partial charge on any atom is 0.305 e. The van der Waals surface area contributed by atoms with Crippen molar-refractivity contribution in [3.8, 4) is 11.3 Å². The van der Waals surface area contributed by atoms with E-state index in [9.17, 15) is 9.18 Å². The first-order valence-electron chi connectivity index (χ1n) is 5.25. The maximum absolute atomic E-state index is 13.1. The number of benzene rings is 1. The number of nitrogens with zero attached hydrogens (tertiary/aromatic N) is 1. The van der Waals surface area contributed by atoms with Gasteiger partial charge in [-0.05, 0) is 12.1 Å². The minimum Gasteiger partial charge on any atom is -0.481 e. The highest BCUT2D eigenvalue weighted by Crippen LogP contribution is 2.26. The van der Waals surface area contributed by atoms with Crippen LogP contribution in [0.1, 0.15) is 17.5 Å². The van der Waals surface area contributed by atoms with Gasteiger partial charge in [-0.3, -0.25) is 4.79 Å². The Morgan fingerprint density at radius 2 is 2.33 bits per heavy atom. The number of carboxylic acids is 1. The zero-order valence-electron chi connectivity index (χ0n) is 9.34. The lowest BCUT2D eigenvalue weighted by atomic mass is 10.2. The van der Waals surface area contributed by atoms with E-state index in [4.69, 9.17) is 10.8 Å². The highest BCUT2D eigenvalue weighted by molar-refractivity contribution is 7.10. The van der Waals surface area contributed by atoms with E-state index in [2.05, 4.69) is 4.98 Å². The Kier molecular flexibility index (Phi) is 3.69. The molecular weight excluding hydrogens is 255 g/mol. The van der Waals surface area contributed by atoms with Gasteiger partial charge in [-0.1, -0.05) is 12.1 Å². The second-order valence-electron chi connectivity index (χ2n) is 3.79. The highest BCUT2D eigenvalue weighted by atomic mass is 32.1. The normalized spacial score (nSPS) is 12.3. The van der Waals surface area contributed by atoms with Crippen LogP contribution in [0.3, 0.4) is 0 Å². The van der Waals surface area contributed by atoms with Crippen molar-refractivity contribution in [2.24, 2.45) is 5.73 Å². The highest BCUT2D eigenvalue weighted by Gasteiger charge is 2.15. The van der Waals surface area contributed by atoms with Crippen LogP contribution in [-0.4, -0.2) is 16.1 Å². The van der Waals surface area contributed by atoms with Gasteiger partial charge in [0, 0.05) is 10.9 Å². The lowest BCUT2D eigenvalue weighted by Gasteiger charge is -2.03. The molecule has 18 heavy (non-hydrogen) atoms. The molecule has 0 saturated heterocycles. The van der Waals surface area contributed by atoms with Crippen molar-refractivity contribution in [2.45, 2.75) is 12.5 Å². The molecular formula is C12H11FN2O2S. The minimum absolute atomic E-state index is 0.171. The number of aromatic nitrogens is 1. The second-order valence-corrected chi connectivity index (χ2v) is 4.68. The summed E-state index contributed by atoms with van der Waals surface area (Å²) in [4.78, 5) is 14.8. The number of nitrogens with two attached hydrogens (primary N) is 1. The molecule has 1 aromatic heterocycles. The van der Waals surface area contributed by atoms with Crippen molar-refractivity contribution in [2.75, 3.05) is 0 Å². The van der Waals surface area contributed by atoms with E-state index in [-0.39, 0.29) is 12.2 Å². The number of rotatable bonds is 4. The van der Waals surface area contributed by atoms with Crippen molar-refractivity contribution in [3.05, 3.63) is 40.5 Å². The third-order valence-electron chi connectivity index (χ3n) is 2.35. The fourth-order valence-corrected chi connectivity index (χ4v) is 2.34.